The summed E-state index contributed by atoms with van der Waals surface area (Å²) >= 11 is 0. The van der Waals surface area contributed by atoms with Crippen LogP contribution in [-0.4, -0.2) is 47.6 Å². The third kappa shape index (κ3) is 3.69. The number of hydrogen-bond acceptors (Lipinski definition) is 8. The molecule has 0 saturated heterocycles. The molecule has 1 N–H and O–H groups in total. The minimum atomic E-state index is -4.10. The Hall–Kier alpha value is -3.49. The molecule has 0 spiro atoms. The van der Waals surface area contributed by atoms with E-state index in [-0.39, 0.29) is 22.9 Å². The quantitative estimate of drug-likeness (QED) is 0.434. The second-order valence-corrected chi connectivity index (χ2v) is 9.76. The first kappa shape index (κ1) is 22.3. The number of alkyl halides is 2. The normalized spacial score (nSPS) is 17.2. The number of aryl methyl sites for hydroxylation is 2. The highest BCUT2D eigenvalue weighted by molar-refractivity contribution is 7.89. The molecule has 4 heterocycles. The molecule has 0 bridgehead atoms. The Bertz CT molecular complexity index is 1460. The van der Waals surface area contributed by atoms with E-state index in [4.69, 9.17) is 4.42 Å². The number of halogens is 2. The van der Waals surface area contributed by atoms with E-state index in [1.165, 1.54) is 38.2 Å². The van der Waals surface area contributed by atoms with Gasteiger partial charge in [0.2, 0.25) is 15.9 Å². The van der Waals surface area contributed by atoms with Crippen LogP contribution in [0.5, 0.6) is 0 Å². The van der Waals surface area contributed by atoms with Crippen molar-refractivity contribution >= 4 is 10.0 Å². The van der Waals surface area contributed by atoms with Gasteiger partial charge in [-0.05, 0) is 17.7 Å². The molecule has 2 atom stereocenters. The zero-order valence-corrected chi connectivity index (χ0v) is 18.8. The van der Waals surface area contributed by atoms with Gasteiger partial charge in [-0.1, -0.05) is 6.07 Å². The van der Waals surface area contributed by atoms with Crippen LogP contribution in [0.2, 0.25) is 0 Å². The molecular weight excluding hydrogens is 472 g/mol. The molecule has 11 nitrogen and oxygen atoms in total. The molecule has 5 rings (SSSR count). The molecule has 1 aliphatic heterocycles. The first-order valence-electron chi connectivity index (χ1n) is 10.1. The lowest BCUT2D eigenvalue weighted by Gasteiger charge is -2.29. The number of nitrogens with zero attached hydrogens (tertiary/aromatic N) is 7. The fraction of sp³-hybridized carbons (Fsp3) is 0.300. The van der Waals surface area contributed by atoms with Gasteiger partial charge in [-0.15, -0.1) is 10.2 Å². The van der Waals surface area contributed by atoms with Crippen LogP contribution in [0.4, 0.5) is 8.78 Å². The van der Waals surface area contributed by atoms with E-state index in [9.17, 15) is 22.3 Å². The zero-order chi connectivity index (χ0) is 24.2. The Balaban J connectivity index is 1.56. The molecule has 178 valence electrons. The van der Waals surface area contributed by atoms with E-state index >= 15 is 0 Å². The molecule has 0 saturated carbocycles. The Morgan fingerprint density at radius 3 is 2.32 bits per heavy atom. The van der Waals surface area contributed by atoms with Crippen LogP contribution < -0.4 is 0 Å². The number of benzene rings is 1. The number of rotatable bonds is 6. The lowest BCUT2D eigenvalue weighted by Crippen LogP contribution is -2.33. The van der Waals surface area contributed by atoms with Crippen molar-refractivity contribution in [2.24, 2.45) is 14.1 Å². The molecule has 4 aromatic rings. The molecule has 0 amide bonds. The van der Waals surface area contributed by atoms with E-state index in [2.05, 4.69) is 20.4 Å². The summed E-state index contributed by atoms with van der Waals surface area (Å²) in [6.07, 6.45) is 2.04. The summed E-state index contributed by atoms with van der Waals surface area (Å²) in [7, 11) is -0.720. The molecule has 34 heavy (non-hydrogen) atoms. The maximum absolute atomic E-state index is 13.6. The third-order valence-electron chi connectivity index (χ3n) is 5.60. The maximum Gasteiger partial charge on any atom is 0.314 e. The van der Waals surface area contributed by atoms with Gasteiger partial charge < -0.3 is 9.52 Å². The summed E-state index contributed by atoms with van der Waals surface area (Å²) in [5.41, 5.74) is 1.60. The molecule has 1 aromatic carbocycles. The van der Waals surface area contributed by atoms with E-state index in [1.807, 2.05) is 0 Å². The van der Waals surface area contributed by atoms with Crippen molar-refractivity contribution in [2.75, 3.05) is 0 Å². The standard InChI is InChI=1S/C20H19F2N7O4S/c1-27-8-13(6-23-27)16(17(30)14-7-24-28(2)9-14)29-10-12-4-3-11(5-15(12)34(29,31)32)19-25-26-20(33-19)18(21)22/h3-9,16-18,30H,10H2,1-2H3/t16-,17+/m0/s1. The van der Waals surface area contributed by atoms with Crippen molar-refractivity contribution in [3.05, 3.63) is 65.6 Å². The molecule has 0 unspecified atom stereocenters. The summed E-state index contributed by atoms with van der Waals surface area (Å²) < 4.78 is 62.1. The van der Waals surface area contributed by atoms with Crippen molar-refractivity contribution in [2.45, 2.75) is 30.0 Å². The Kier molecular flexibility index (Phi) is 5.30. The second kappa shape index (κ2) is 8.07. The highest BCUT2D eigenvalue weighted by Gasteiger charge is 2.44. The zero-order valence-electron chi connectivity index (χ0n) is 17.9. The van der Waals surface area contributed by atoms with Gasteiger partial charge in [0.25, 0.3) is 5.89 Å². The highest BCUT2D eigenvalue weighted by Crippen LogP contribution is 2.43. The first-order valence-corrected chi connectivity index (χ1v) is 11.5. The molecule has 0 radical (unpaired) electrons. The van der Waals surface area contributed by atoms with Gasteiger partial charge in [-0.2, -0.15) is 23.3 Å². The second-order valence-electron chi connectivity index (χ2n) is 7.90. The summed E-state index contributed by atoms with van der Waals surface area (Å²) in [6, 6.07) is 3.40. The van der Waals surface area contributed by atoms with Crippen LogP contribution in [0.1, 0.15) is 41.2 Å². The average molecular weight is 491 g/mol. The van der Waals surface area contributed by atoms with E-state index in [1.54, 1.807) is 32.6 Å². The van der Waals surface area contributed by atoms with E-state index in [0.29, 0.717) is 16.7 Å². The van der Waals surface area contributed by atoms with Crippen LogP contribution in [0.25, 0.3) is 11.5 Å². The van der Waals surface area contributed by atoms with Crippen molar-refractivity contribution in [1.29, 1.82) is 0 Å². The van der Waals surface area contributed by atoms with Gasteiger partial charge in [0.05, 0.1) is 23.3 Å². The van der Waals surface area contributed by atoms with Crippen LogP contribution in [0.3, 0.4) is 0 Å². The summed E-state index contributed by atoms with van der Waals surface area (Å²) in [6.45, 7) is -0.0129. The number of aliphatic hydroxyl groups excluding tert-OH is 1. The molecule has 14 heteroatoms. The number of sulfonamides is 1. The third-order valence-corrected chi connectivity index (χ3v) is 7.51. The minimum absolute atomic E-state index is 0.0129. The Morgan fingerprint density at radius 1 is 1.06 bits per heavy atom. The summed E-state index contributed by atoms with van der Waals surface area (Å²) in [4.78, 5) is -0.0333. The van der Waals surface area contributed by atoms with Crippen LogP contribution in [0.15, 0.2) is 52.3 Å². The lowest BCUT2D eigenvalue weighted by molar-refractivity contribution is 0.0884. The van der Waals surface area contributed by atoms with Crippen molar-refractivity contribution in [1.82, 2.24) is 34.1 Å². The summed E-state index contributed by atoms with van der Waals surface area (Å²) in [5.74, 6) is -1.07. The van der Waals surface area contributed by atoms with Gasteiger partial charge in [-0.3, -0.25) is 9.36 Å². The fourth-order valence-corrected chi connectivity index (χ4v) is 5.84. The fourth-order valence-electron chi connectivity index (χ4n) is 4.00. The first-order chi connectivity index (χ1) is 16.1. The smallest absolute Gasteiger partial charge is 0.314 e. The molecule has 0 aliphatic carbocycles. The van der Waals surface area contributed by atoms with E-state index < -0.39 is 34.5 Å². The summed E-state index contributed by atoms with van der Waals surface area (Å²) in [5, 5.41) is 26.3. The highest BCUT2D eigenvalue weighted by atomic mass is 32.2. The topological polar surface area (TPSA) is 132 Å². The van der Waals surface area contributed by atoms with Gasteiger partial charge in [-0.25, -0.2) is 8.42 Å². The predicted molar refractivity (Wildman–Crippen MR) is 112 cm³/mol. The van der Waals surface area contributed by atoms with Gasteiger partial charge >= 0.3 is 6.43 Å². The number of hydrogen-bond donors (Lipinski definition) is 1. The Labute approximate surface area is 192 Å². The van der Waals surface area contributed by atoms with Crippen LogP contribution >= 0.6 is 0 Å². The van der Waals surface area contributed by atoms with Gasteiger partial charge in [0.1, 0.15) is 6.10 Å². The van der Waals surface area contributed by atoms with Crippen LogP contribution in [-0.2, 0) is 30.7 Å². The largest absolute Gasteiger partial charge is 0.415 e. The molecule has 0 fully saturated rings. The maximum atomic E-state index is 13.6. The van der Waals surface area contributed by atoms with Gasteiger partial charge in [0, 0.05) is 49.7 Å². The van der Waals surface area contributed by atoms with Crippen molar-refractivity contribution < 1.29 is 26.7 Å². The van der Waals surface area contributed by atoms with Crippen molar-refractivity contribution in [3.63, 3.8) is 0 Å². The SMILES string of the molecule is Cn1cc([C@@H](O)[C@H](c2cnn(C)c2)N2Cc3ccc(-c4nnc(C(F)F)o4)cc3S2(=O)=O)cn1. The lowest BCUT2D eigenvalue weighted by atomic mass is 10.00. The monoisotopic (exact) mass is 491 g/mol. The van der Waals surface area contributed by atoms with Crippen molar-refractivity contribution in [3.8, 4) is 11.5 Å². The predicted octanol–water partition coefficient (Wildman–Crippen LogP) is 2.12. The number of aromatic nitrogens is 6. The van der Waals surface area contributed by atoms with Gasteiger partial charge in [0.15, 0.2) is 0 Å². The Morgan fingerprint density at radius 2 is 1.74 bits per heavy atom. The molecule has 3 aromatic heterocycles. The van der Waals surface area contributed by atoms with Crippen LogP contribution in [0, 0.1) is 0 Å². The average Bonchev–Trinajstić information content (AvgIpc) is 3.57. The number of aliphatic hydroxyl groups is 1. The minimum Gasteiger partial charge on any atom is -0.415 e. The number of fused-ring (bicyclic) bond motifs is 1. The molecular formula is C20H19F2N7O4S. The van der Waals surface area contributed by atoms with E-state index in [0.717, 1.165) is 0 Å². The molecule has 1 aliphatic rings.